The molecule has 0 saturated heterocycles. The molecule has 1 aromatic rings. The quantitative estimate of drug-likeness (QED) is 0.555. The van der Waals surface area contributed by atoms with Crippen LogP contribution in [0.4, 0.5) is 13.2 Å². The first-order valence-electron chi connectivity index (χ1n) is 3.91. The summed E-state index contributed by atoms with van der Waals surface area (Å²) in [6.45, 7) is 0. The highest BCUT2D eigenvalue weighted by atomic mass is 35.8. The Kier molecular flexibility index (Phi) is 3.98. The highest BCUT2D eigenvalue weighted by molar-refractivity contribution is 7.65. The second-order valence-electron chi connectivity index (χ2n) is 2.93. The van der Waals surface area contributed by atoms with Gasteiger partial charge in [-0.15, -0.1) is 33.2 Å². The van der Waals surface area contributed by atoms with E-state index < -0.39 is 17.7 Å². The van der Waals surface area contributed by atoms with Crippen molar-refractivity contribution in [2.24, 2.45) is 0 Å². The van der Waals surface area contributed by atoms with Crippen LogP contribution in [-0.2, 0) is 0 Å². The summed E-state index contributed by atoms with van der Waals surface area (Å²) in [4.78, 5) is 0. The van der Waals surface area contributed by atoms with Gasteiger partial charge in [0.1, 0.15) is 5.54 Å². The second-order valence-corrected chi connectivity index (χ2v) is 11.7. The van der Waals surface area contributed by atoms with E-state index in [1.807, 2.05) is 0 Å². The van der Waals surface area contributed by atoms with Crippen LogP contribution in [-0.4, -0.2) is 12.2 Å². The fourth-order valence-corrected chi connectivity index (χ4v) is 4.40. The van der Waals surface area contributed by atoms with Gasteiger partial charge in [0, 0.05) is 0 Å². The Morgan fingerprint density at radius 2 is 1.47 bits per heavy atom. The molecule has 0 bridgehead atoms. The molecule has 0 aliphatic rings. The van der Waals surface area contributed by atoms with Gasteiger partial charge in [-0.05, 0) is 5.56 Å². The van der Waals surface area contributed by atoms with Crippen molar-refractivity contribution in [1.82, 2.24) is 0 Å². The third-order valence-electron chi connectivity index (χ3n) is 1.79. The average molecular weight is 294 g/mol. The van der Waals surface area contributed by atoms with E-state index >= 15 is 0 Å². The van der Waals surface area contributed by atoms with Crippen LogP contribution < -0.4 is 0 Å². The van der Waals surface area contributed by atoms with Gasteiger partial charge in [0.15, 0.2) is 0 Å². The lowest BCUT2D eigenvalue weighted by molar-refractivity contribution is -0.132. The van der Waals surface area contributed by atoms with E-state index in [1.165, 1.54) is 24.3 Å². The van der Waals surface area contributed by atoms with E-state index in [1.54, 1.807) is 6.07 Å². The van der Waals surface area contributed by atoms with Crippen LogP contribution in [0.2, 0.25) is 0 Å². The monoisotopic (exact) mass is 292 g/mol. The van der Waals surface area contributed by atoms with Gasteiger partial charge in [-0.25, -0.2) is 0 Å². The Hall–Kier alpha value is 0.0969. The molecule has 0 N–H and O–H groups in total. The lowest BCUT2D eigenvalue weighted by Crippen LogP contribution is -2.35. The molecule has 0 spiro atoms. The standard InChI is InChI=1S/C8H6Cl3F3Si/c9-15(10,11)7(8(12,13)14)6-4-2-1-3-5-6/h1-5,7H. The summed E-state index contributed by atoms with van der Waals surface area (Å²) < 4.78 is 38.0. The number of halogens is 6. The molecular weight excluding hydrogens is 288 g/mol. The Bertz CT molecular complexity index is 306. The summed E-state index contributed by atoms with van der Waals surface area (Å²) in [6, 6.07) is 3.33. The van der Waals surface area contributed by atoms with Crippen molar-refractivity contribution < 1.29 is 13.2 Å². The number of benzene rings is 1. The summed E-state index contributed by atoms with van der Waals surface area (Å²) in [5.74, 6) is 0. The van der Waals surface area contributed by atoms with Crippen molar-refractivity contribution in [3.05, 3.63) is 35.9 Å². The number of hydrogen-bond acceptors (Lipinski definition) is 0. The Morgan fingerprint density at radius 3 is 1.80 bits per heavy atom. The Morgan fingerprint density at radius 1 is 1.00 bits per heavy atom. The highest BCUT2D eigenvalue weighted by Crippen LogP contribution is 2.46. The van der Waals surface area contributed by atoms with Gasteiger partial charge < -0.3 is 0 Å². The zero-order valence-corrected chi connectivity index (χ0v) is 10.5. The highest BCUT2D eigenvalue weighted by Gasteiger charge is 2.54. The summed E-state index contributed by atoms with van der Waals surface area (Å²) in [6.07, 6.45) is -4.53. The van der Waals surface area contributed by atoms with Crippen LogP contribution >= 0.6 is 33.2 Å². The molecule has 15 heavy (non-hydrogen) atoms. The molecule has 0 saturated carbocycles. The van der Waals surface area contributed by atoms with E-state index in [0.717, 1.165) is 0 Å². The smallest absolute Gasteiger partial charge is 0.171 e. The second kappa shape index (κ2) is 4.53. The number of hydrogen-bond donors (Lipinski definition) is 0. The van der Waals surface area contributed by atoms with Crippen LogP contribution in [0.1, 0.15) is 11.1 Å². The van der Waals surface area contributed by atoms with Crippen molar-refractivity contribution >= 4 is 39.2 Å². The van der Waals surface area contributed by atoms with Crippen molar-refractivity contribution in [2.45, 2.75) is 11.7 Å². The van der Waals surface area contributed by atoms with Crippen LogP contribution in [0.3, 0.4) is 0 Å². The fraction of sp³-hybridized carbons (Fsp3) is 0.250. The maximum Gasteiger partial charge on any atom is 0.396 e. The van der Waals surface area contributed by atoms with E-state index in [2.05, 4.69) is 0 Å². The van der Waals surface area contributed by atoms with Gasteiger partial charge in [0.2, 0.25) is 0 Å². The van der Waals surface area contributed by atoms with Gasteiger partial charge in [-0.2, -0.15) is 13.2 Å². The zero-order valence-electron chi connectivity index (χ0n) is 7.23. The minimum atomic E-state index is -4.53. The summed E-state index contributed by atoms with van der Waals surface area (Å²) in [7, 11) is 0. The summed E-state index contributed by atoms with van der Waals surface area (Å²) in [5, 5.41) is 0. The predicted octanol–water partition coefficient (Wildman–Crippen LogP) is 4.53. The largest absolute Gasteiger partial charge is 0.396 e. The molecule has 0 aliphatic heterocycles. The molecule has 1 atom stereocenters. The molecule has 0 nitrogen and oxygen atoms in total. The van der Waals surface area contributed by atoms with Gasteiger partial charge in [-0.3, -0.25) is 0 Å². The van der Waals surface area contributed by atoms with E-state index in [0.29, 0.717) is 0 Å². The summed E-state index contributed by atoms with van der Waals surface area (Å²) in [5.41, 5.74) is -1.98. The van der Waals surface area contributed by atoms with Gasteiger partial charge in [-0.1, -0.05) is 30.3 Å². The minimum absolute atomic E-state index is 0.00309. The predicted molar refractivity (Wildman–Crippen MR) is 58.6 cm³/mol. The molecule has 7 heteroatoms. The van der Waals surface area contributed by atoms with Crippen molar-refractivity contribution in [1.29, 1.82) is 0 Å². The Labute approximate surface area is 100 Å². The van der Waals surface area contributed by atoms with Gasteiger partial charge >= 0.3 is 12.2 Å². The molecule has 1 aromatic carbocycles. The third kappa shape index (κ3) is 3.55. The third-order valence-corrected chi connectivity index (χ3v) is 5.07. The SMILES string of the molecule is FC(F)(F)C(c1ccccc1)[Si](Cl)(Cl)Cl. The van der Waals surface area contributed by atoms with Crippen LogP contribution in [0, 0.1) is 0 Å². The Balaban J connectivity index is 3.15. The van der Waals surface area contributed by atoms with Crippen molar-refractivity contribution in [2.75, 3.05) is 0 Å². The zero-order chi connectivity index (χ0) is 11.7. The maximum atomic E-state index is 12.7. The molecule has 0 fully saturated rings. The molecule has 1 rings (SSSR count). The number of alkyl halides is 3. The molecule has 0 aromatic heterocycles. The van der Waals surface area contributed by atoms with Crippen LogP contribution in [0.15, 0.2) is 30.3 Å². The van der Waals surface area contributed by atoms with E-state index in [-0.39, 0.29) is 5.56 Å². The molecule has 84 valence electrons. The van der Waals surface area contributed by atoms with E-state index in [9.17, 15) is 13.2 Å². The minimum Gasteiger partial charge on any atom is -0.171 e. The first kappa shape index (κ1) is 13.2. The van der Waals surface area contributed by atoms with Gasteiger partial charge in [0.05, 0.1) is 0 Å². The van der Waals surface area contributed by atoms with Gasteiger partial charge in [0.25, 0.3) is 0 Å². The molecule has 1 unspecified atom stereocenters. The summed E-state index contributed by atoms with van der Waals surface area (Å²) >= 11 is 16.4. The van der Waals surface area contributed by atoms with Crippen LogP contribution in [0.5, 0.6) is 0 Å². The molecule has 0 aliphatic carbocycles. The fourth-order valence-electron chi connectivity index (χ4n) is 1.21. The maximum absolute atomic E-state index is 12.7. The molecular formula is C8H6Cl3F3Si. The lowest BCUT2D eigenvalue weighted by Gasteiger charge is -2.24. The molecule has 0 radical (unpaired) electrons. The normalized spacial score (nSPS) is 15.1. The molecule has 0 amide bonds. The molecule has 0 heterocycles. The first-order chi connectivity index (χ1) is 6.73. The lowest BCUT2D eigenvalue weighted by atomic mass is 10.1. The van der Waals surface area contributed by atoms with E-state index in [4.69, 9.17) is 33.2 Å². The average Bonchev–Trinajstić information content (AvgIpc) is 2.00. The first-order valence-corrected chi connectivity index (χ1v) is 9.02. The van der Waals surface area contributed by atoms with Crippen molar-refractivity contribution in [3.63, 3.8) is 0 Å². The number of rotatable bonds is 2. The topological polar surface area (TPSA) is 0 Å². The van der Waals surface area contributed by atoms with Crippen LogP contribution in [0.25, 0.3) is 0 Å². The van der Waals surface area contributed by atoms with Crippen molar-refractivity contribution in [3.8, 4) is 0 Å².